The van der Waals surface area contributed by atoms with Gasteiger partial charge in [-0.15, -0.1) is 11.3 Å². The van der Waals surface area contributed by atoms with Gasteiger partial charge in [-0.05, 0) is 48.8 Å². The number of amides is 1. The Bertz CT molecular complexity index is 927. The molecule has 0 spiro atoms. The molecule has 1 fully saturated rings. The third-order valence-electron chi connectivity index (χ3n) is 5.66. The van der Waals surface area contributed by atoms with Gasteiger partial charge in [-0.1, -0.05) is 30.3 Å². The number of aliphatic hydroxyl groups is 1. The number of aliphatic hydroxyl groups excluding tert-OH is 1. The number of nitrogens with zero attached hydrogens (tertiary/aromatic N) is 1. The zero-order valence-corrected chi connectivity index (χ0v) is 17.3. The average molecular weight is 412 g/mol. The van der Waals surface area contributed by atoms with Crippen LogP contribution in [-0.2, 0) is 20.7 Å². The minimum Gasteiger partial charge on any atom is -0.503 e. The van der Waals surface area contributed by atoms with Gasteiger partial charge in [-0.25, -0.2) is 0 Å². The number of aryl methyl sites for hydroxylation is 2. The van der Waals surface area contributed by atoms with Crippen molar-refractivity contribution in [3.05, 3.63) is 69.1 Å². The SMILES string of the molecule is Cc1ccsc1C1C(C(=O)CCc2ccccc2)=C(O)C(=O)N1CC1CCCO1. The summed E-state index contributed by atoms with van der Waals surface area (Å²) in [6, 6.07) is 11.2. The van der Waals surface area contributed by atoms with E-state index in [1.165, 1.54) is 11.3 Å². The Balaban J connectivity index is 1.61. The van der Waals surface area contributed by atoms with Gasteiger partial charge >= 0.3 is 0 Å². The molecule has 4 rings (SSSR count). The normalized spacial score (nSPS) is 22.0. The van der Waals surface area contributed by atoms with E-state index in [1.54, 1.807) is 4.90 Å². The first-order chi connectivity index (χ1) is 14.1. The highest BCUT2D eigenvalue weighted by Gasteiger charge is 2.45. The average Bonchev–Trinajstić information content (AvgIpc) is 3.44. The lowest BCUT2D eigenvalue weighted by Gasteiger charge is -2.28. The van der Waals surface area contributed by atoms with Crippen molar-refractivity contribution in [1.29, 1.82) is 0 Å². The molecule has 3 heterocycles. The Morgan fingerprint density at radius 2 is 2.07 bits per heavy atom. The highest BCUT2D eigenvalue weighted by Crippen LogP contribution is 2.42. The highest BCUT2D eigenvalue weighted by atomic mass is 32.1. The summed E-state index contributed by atoms with van der Waals surface area (Å²) >= 11 is 1.52. The number of thiophene rings is 1. The van der Waals surface area contributed by atoms with Crippen LogP contribution in [0, 0.1) is 6.92 Å². The van der Waals surface area contributed by atoms with Gasteiger partial charge in [-0.2, -0.15) is 0 Å². The van der Waals surface area contributed by atoms with Crippen molar-refractivity contribution in [3.63, 3.8) is 0 Å². The summed E-state index contributed by atoms with van der Waals surface area (Å²) in [7, 11) is 0. The van der Waals surface area contributed by atoms with E-state index >= 15 is 0 Å². The first-order valence-electron chi connectivity index (χ1n) is 10.0. The van der Waals surface area contributed by atoms with E-state index in [2.05, 4.69) is 0 Å². The number of carbonyl (C=O) groups is 2. The van der Waals surface area contributed by atoms with E-state index in [4.69, 9.17) is 4.74 Å². The van der Waals surface area contributed by atoms with Crippen molar-refractivity contribution in [2.75, 3.05) is 13.2 Å². The van der Waals surface area contributed by atoms with Crippen LogP contribution in [0.4, 0.5) is 0 Å². The number of ketones is 1. The van der Waals surface area contributed by atoms with E-state index in [1.807, 2.05) is 48.7 Å². The van der Waals surface area contributed by atoms with Crippen molar-refractivity contribution in [3.8, 4) is 0 Å². The topological polar surface area (TPSA) is 66.8 Å². The van der Waals surface area contributed by atoms with E-state index in [9.17, 15) is 14.7 Å². The molecule has 1 aromatic heterocycles. The summed E-state index contributed by atoms with van der Waals surface area (Å²) in [4.78, 5) is 28.6. The van der Waals surface area contributed by atoms with Gasteiger partial charge in [0.2, 0.25) is 0 Å². The molecule has 0 aliphatic carbocycles. The number of benzene rings is 1. The van der Waals surface area contributed by atoms with Crippen LogP contribution < -0.4 is 0 Å². The molecule has 152 valence electrons. The fourth-order valence-electron chi connectivity index (χ4n) is 4.11. The Morgan fingerprint density at radius 1 is 1.28 bits per heavy atom. The van der Waals surface area contributed by atoms with Gasteiger partial charge in [0.15, 0.2) is 11.5 Å². The maximum atomic E-state index is 13.2. The van der Waals surface area contributed by atoms with E-state index < -0.39 is 17.7 Å². The maximum Gasteiger partial charge on any atom is 0.290 e. The van der Waals surface area contributed by atoms with Crippen molar-refractivity contribution in [2.24, 2.45) is 0 Å². The lowest BCUT2D eigenvalue weighted by molar-refractivity contribution is -0.131. The van der Waals surface area contributed by atoms with Gasteiger partial charge in [0.25, 0.3) is 5.91 Å². The van der Waals surface area contributed by atoms with Crippen molar-refractivity contribution in [1.82, 2.24) is 4.90 Å². The summed E-state index contributed by atoms with van der Waals surface area (Å²) in [6.45, 7) is 3.06. The molecule has 6 heteroatoms. The molecule has 2 aliphatic rings. The van der Waals surface area contributed by atoms with Crippen LogP contribution in [0.1, 0.15) is 41.3 Å². The zero-order valence-electron chi connectivity index (χ0n) is 16.5. The van der Waals surface area contributed by atoms with Crippen LogP contribution >= 0.6 is 11.3 Å². The first kappa shape index (κ1) is 19.9. The van der Waals surface area contributed by atoms with E-state index in [-0.39, 0.29) is 23.9 Å². The molecule has 1 N–H and O–H groups in total. The smallest absolute Gasteiger partial charge is 0.290 e. The summed E-state index contributed by atoms with van der Waals surface area (Å²) in [5, 5.41) is 12.6. The molecule has 2 atom stereocenters. The number of hydrogen-bond acceptors (Lipinski definition) is 5. The number of carbonyl (C=O) groups excluding carboxylic acids is 2. The van der Waals surface area contributed by atoms with E-state index in [0.717, 1.165) is 28.8 Å². The van der Waals surface area contributed by atoms with Crippen molar-refractivity contribution in [2.45, 2.75) is 44.8 Å². The van der Waals surface area contributed by atoms with Crippen LogP contribution in [0.15, 0.2) is 53.1 Å². The second kappa shape index (κ2) is 8.51. The summed E-state index contributed by atoms with van der Waals surface area (Å²) < 4.78 is 5.72. The molecule has 1 aromatic carbocycles. The molecule has 1 saturated heterocycles. The third-order valence-corrected chi connectivity index (χ3v) is 6.73. The fraction of sp³-hybridized carbons (Fsp3) is 0.391. The standard InChI is InChI=1S/C23H25NO4S/c1-15-11-13-29-22(15)20-19(18(25)10-9-16-6-3-2-4-7-16)21(26)23(27)24(20)14-17-8-5-12-28-17/h2-4,6-7,11,13,17,20,26H,5,8-10,12,14H2,1H3. The molecule has 1 amide bonds. The molecule has 2 unspecified atom stereocenters. The molecule has 2 aromatic rings. The maximum absolute atomic E-state index is 13.2. The predicted molar refractivity (Wildman–Crippen MR) is 112 cm³/mol. The minimum absolute atomic E-state index is 0.0479. The lowest BCUT2D eigenvalue weighted by atomic mass is 9.95. The first-order valence-corrected chi connectivity index (χ1v) is 10.9. The van der Waals surface area contributed by atoms with Crippen LogP contribution in [0.2, 0.25) is 0 Å². The van der Waals surface area contributed by atoms with Crippen LogP contribution in [0.5, 0.6) is 0 Å². The van der Waals surface area contributed by atoms with Crippen molar-refractivity contribution < 1.29 is 19.4 Å². The Kier molecular flexibility index (Phi) is 5.83. The van der Waals surface area contributed by atoms with Gasteiger partial charge in [0, 0.05) is 24.4 Å². The number of hydrogen-bond donors (Lipinski definition) is 1. The van der Waals surface area contributed by atoms with E-state index in [0.29, 0.717) is 19.6 Å². The quantitative estimate of drug-likeness (QED) is 0.744. The highest BCUT2D eigenvalue weighted by molar-refractivity contribution is 7.10. The molecule has 29 heavy (non-hydrogen) atoms. The van der Waals surface area contributed by atoms with Crippen molar-refractivity contribution >= 4 is 23.0 Å². The fourth-order valence-corrected chi connectivity index (χ4v) is 5.16. The second-order valence-corrected chi connectivity index (χ2v) is 8.58. The summed E-state index contributed by atoms with van der Waals surface area (Å²) in [5.41, 5.74) is 2.31. The zero-order chi connectivity index (χ0) is 20.4. The van der Waals surface area contributed by atoms with Crippen LogP contribution in [0.25, 0.3) is 0 Å². The van der Waals surface area contributed by atoms with Gasteiger partial charge < -0.3 is 14.7 Å². The molecular formula is C23H25NO4S. The minimum atomic E-state index is -0.532. The monoisotopic (exact) mass is 411 g/mol. The summed E-state index contributed by atoms with van der Waals surface area (Å²) in [6.07, 6.45) is 2.64. The van der Waals surface area contributed by atoms with Crippen LogP contribution in [0.3, 0.4) is 0 Å². The molecule has 0 saturated carbocycles. The molecule has 5 nitrogen and oxygen atoms in total. The molecule has 2 aliphatic heterocycles. The molecule has 0 bridgehead atoms. The Hall–Kier alpha value is -2.44. The predicted octanol–water partition coefficient (Wildman–Crippen LogP) is 4.13. The third kappa shape index (κ3) is 4.00. The van der Waals surface area contributed by atoms with Crippen LogP contribution in [-0.4, -0.2) is 41.0 Å². The number of rotatable bonds is 7. The van der Waals surface area contributed by atoms with Gasteiger partial charge in [-0.3, -0.25) is 9.59 Å². The second-order valence-electron chi connectivity index (χ2n) is 7.63. The number of ether oxygens (including phenoxy) is 1. The number of Topliss-reactive ketones (excluding diaryl/α,β-unsaturated/α-hetero) is 1. The van der Waals surface area contributed by atoms with Gasteiger partial charge in [0.05, 0.1) is 17.7 Å². The lowest BCUT2D eigenvalue weighted by Crippen LogP contribution is -2.37. The van der Waals surface area contributed by atoms with Gasteiger partial charge in [0.1, 0.15) is 0 Å². The molecule has 0 radical (unpaired) electrons. The largest absolute Gasteiger partial charge is 0.503 e. The Labute approximate surface area is 174 Å². The molecular weight excluding hydrogens is 386 g/mol. The Morgan fingerprint density at radius 3 is 2.72 bits per heavy atom. The summed E-state index contributed by atoms with van der Waals surface area (Å²) in [5.74, 6) is -1.05.